The van der Waals surface area contributed by atoms with E-state index in [1.54, 1.807) is 0 Å². The fourth-order valence-electron chi connectivity index (χ4n) is 2.34. The molecule has 0 atom stereocenters. The Morgan fingerprint density at radius 3 is 2.82 bits per heavy atom. The Kier molecular flexibility index (Phi) is 6.86. The van der Waals surface area contributed by atoms with E-state index in [2.05, 4.69) is 22.1 Å². The van der Waals surface area contributed by atoms with Gasteiger partial charge in [0.1, 0.15) is 11.3 Å². The van der Waals surface area contributed by atoms with E-state index >= 15 is 0 Å². The van der Waals surface area contributed by atoms with Crippen molar-refractivity contribution in [3.63, 3.8) is 0 Å². The van der Waals surface area contributed by atoms with Gasteiger partial charge >= 0.3 is 0 Å². The first-order valence-corrected chi connectivity index (χ1v) is 9.80. The number of nitrogens with one attached hydrogen (secondary N) is 1. The van der Waals surface area contributed by atoms with Gasteiger partial charge in [0.2, 0.25) is 0 Å². The van der Waals surface area contributed by atoms with E-state index in [4.69, 9.17) is 9.15 Å². The Morgan fingerprint density at radius 1 is 1.29 bits per heavy atom. The van der Waals surface area contributed by atoms with Gasteiger partial charge in [-0.25, -0.2) is 10.4 Å². The normalized spacial score (nSPS) is 11.4. The van der Waals surface area contributed by atoms with Crippen LogP contribution in [0.25, 0.3) is 11.1 Å². The number of aromatic nitrogens is 1. The van der Waals surface area contributed by atoms with Crippen molar-refractivity contribution in [1.82, 2.24) is 10.4 Å². The number of amides is 1. The van der Waals surface area contributed by atoms with Gasteiger partial charge in [-0.05, 0) is 55.3 Å². The van der Waals surface area contributed by atoms with Gasteiger partial charge in [-0.1, -0.05) is 30.0 Å². The van der Waals surface area contributed by atoms with Crippen LogP contribution in [-0.4, -0.2) is 29.0 Å². The Morgan fingerprint density at radius 2 is 2.07 bits per heavy atom. The molecule has 0 unspecified atom stereocenters. The number of nitrogens with zero attached hydrogens (tertiary/aromatic N) is 2. The number of carbonyl (C=O) groups excluding carboxylic acids is 1. The smallest absolute Gasteiger partial charge is 0.257 e. The number of hydrazone groups is 1. The molecular formula is C21H21N3O3S. The number of fused-ring (bicyclic) bond motifs is 1. The van der Waals surface area contributed by atoms with E-state index in [9.17, 15) is 4.79 Å². The number of para-hydroxylation sites is 2. The fraction of sp³-hybridized carbons (Fsp3) is 0.190. The summed E-state index contributed by atoms with van der Waals surface area (Å²) in [6.45, 7) is 6.10. The summed E-state index contributed by atoms with van der Waals surface area (Å²) in [4.78, 5) is 16.4. The molecule has 0 bridgehead atoms. The highest BCUT2D eigenvalue weighted by Gasteiger charge is 2.09. The lowest BCUT2D eigenvalue weighted by atomic mass is 10.1. The van der Waals surface area contributed by atoms with Crippen molar-refractivity contribution in [3.8, 4) is 5.75 Å². The molecule has 1 heterocycles. The number of rotatable bonds is 9. The molecule has 0 fully saturated rings. The molecule has 3 aromatic rings. The van der Waals surface area contributed by atoms with Crippen molar-refractivity contribution in [3.05, 3.63) is 66.7 Å². The first kappa shape index (κ1) is 19.7. The summed E-state index contributed by atoms with van der Waals surface area (Å²) in [7, 11) is 0. The van der Waals surface area contributed by atoms with Crippen LogP contribution in [-0.2, 0) is 4.79 Å². The van der Waals surface area contributed by atoms with Gasteiger partial charge in [0.25, 0.3) is 11.1 Å². The molecule has 0 aliphatic carbocycles. The highest BCUT2D eigenvalue weighted by Crippen LogP contribution is 2.22. The summed E-state index contributed by atoms with van der Waals surface area (Å²) in [5.41, 5.74) is 5.65. The number of ether oxygens (including phenoxy) is 1. The van der Waals surface area contributed by atoms with E-state index < -0.39 is 0 Å². The van der Waals surface area contributed by atoms with Crippen LogP contribution >= 0.6 is 11.8 Å². The monoisotopic (exact) mass is 395 g/mol. The third kappa shape index (κ3) is 5.47. The second-order valence-electron chi connectivity index (χ2n) is 5.92. The molecule has 144 valence electrons. The molecule has 1 aromatic heterocycles. The van der Waals surface area contributed by atoms with Gasteiger partial charge in [-0.3, -0.25) is 4.79 Å². The van der Waals surface area contributed by atoms with Crippen molar-refractivity contribution in [2.75, 3.05) is 12.4 Å². The molecular weight excluding hydrogens is 374 g/mol. The molecule has 2 aromatic carbocycles. The predicted octanol–water partition coefficient (Wildman–Crippen LogP) is 4.42. The predicted molar refractivity (Wildman–Crippen MR) is 112 cm³/mol. The van der Waals surface area contributed by atoms with Crippen LogP contribution in [0.1, 0.15) is 18.9 Å². The number of hydrogen-bond donors (Lipinski definition) is 1. The third-order valence-electron chi connectivity index (χ3n) is 3.81. The van der Waals surface area contributed by atoms with Crippen LogP contribution in [0.15, 0.2) is 75.9 Å². The summed E-state index contributed by atoms with van der Waals surface area (Å²) >= 11 is 1.23. The quantitative estimate of drug-likeness (QED) is 0.191. The van der Waals surface area contributed by atoms with Crippen molar-refractivity contribution < 1.29 is 13.9 Å². The van der Waals surface area contributed by atoms with Gasteiger partial charge < -0.3 is 9.15 Å². The van der Waals surface area contributed by atoms with Crippen LogP contribution in [0.5, 0.6) is 5.75 Å². The standard InChI is InChI=1S/C21H21N3O3S/c1-3-4-13-26-17-11-9-16(10-12-17)15(2)23-24-20(25)14-28-21-22-18-7-5-6-8-19(18)27-21/h3,5-12H,1,4,13-14H2,2H3,(H,24,25)/b23-15-. The molecule has 7 heteroatoms. The highest BCUT2D eigenvalue weighted by atomic mass is 32.2. The molecule has 0 saturated carbocycles. The molecule has 0 spiro atoms. The van der Waals surface area contributed by atoms with Gasteiger partial charge in [-0.2, -0.15) is 5.10 Å². The van der Waals surface area contributed by atoms with Gasteiger partial charge in [-0.15, -0.1) is 6.58 Å². The average molecular weight is 395 g/mol. The summed E-state index contributed by atoms with van der Waals surface area (Å²) in [6.07, 6.45) is 2.62. The maximum Gasteiger partial charge on any atom is 0.257 e. The second kappa shape index (κ2) is 9.75. The van der Waals surface area contributed by atoms with E-state index in [1.165, 1.54) is 11.8 Å². The first-order chi connectivity index (χ1) is 13.7. The molecule has 3 rings (SSSR count). The lowest BCUT2D eigenvalue weighted by Gasteiger charge is -2.06. The minimum absolute atomic E-state index is 0.166. The van der Waals surface area contributed by atoms with E-state index in [1.807, 2.05) is 61.5 Å². The van der Waals surface area contributed by atoms with Crippen LogP contribution in [0.4, 0.5) is 0 Å². The number of carbonyl (C=O) groups is 1. The van der Waals surface area contributed by atoms with Gasteiger partial charge in [0, 0.05) is 0 Å². The summed E-state index contributed by atoms with van der Waals surface area (Å²) in [6, 6.07) is 15.0. The van der Waals surface area contributed by atoms with E-state index in [0.29, 0.717) is 23.1 Å². The summed E-state index contributed by atoms with van der Waals surface area (Å²) < 4.78 is 11.2. The van der Waals surface area contributed by atoms with Crippen molar-refractivity contribution >= 4 is 34.5 Å². The lowest BCUT2D eigenvalue weighted by molar-refractivity contribution is -0.118. The van der Waals surface area contributed by atoms with E-state index in [0.717, 1.165) is 23.3 Å². The summed E-state index contributed by atoms with van der Waals surface area (Å²) in [5, 5.41) is 4.62. The van der Waals surface area contributed by atoms with Crippen molar-refractivity contribution in [2.24, 2.45) is 5.10 Å². The Balaban J connectivity index is 1.49. The fourth-order valence-corrected chi connectivity index (χ4v) is 2.97. The van der Waals surface area contributed by atoms with E-state index in [-0.39, 0.29) is 11.7 Å². The maximum atomic E-state index is 12.0. The van der Waals surface area contributed by atoms with Crippen LogP contribution in [0, 0.1) is 0 Å². The van der Waals surface area contributed by atoms with Crippen LogP contribution in [0.2, 0.25) is 0 Å². The SMILES string of the molecule is C=CCCOc1ccc(/C(C)=N\NC(=O)CSc2nc3ccccc3o2)cc1. The maximum absolute atomic E-state index is 12.0. The topological polar surface area (TPSA) is 76.7 Å². The van der Waals surface area contributed by atoms with Crippen LogP contribution in [0.3, 0.4) is 0 Å². The molecule has 0 aliphatic rings. The Labute approximate surface area is 167 Å². The van der Waals surface area contributed by atoms with Gasteiger partial charge in [0.15, 0.2) is 5.58 Å². The minimum atomic E-state index is -0.226. The third-order valence-corrected chi connectivity index (χ3v) is 4.64. The van der Waals surface area contributed by atoms with Gasteiger partial charge in [0.05, 0.1) is 18.1 Å². The average Bonchev–Trinajstić information content (AvgIpc) is 3.14. The number of benzene rings is 2. The zero-order chi connectivity index (χ0) is 19.8. The van der Waals surface area contributed by atoms with Crippen molar-refractivity contribution in [1.29, 1.82) is 0 Å². The number of thioether (sulfide) groups is 1. The first-order valence-electron chi connectivity index (χ1n) is 8.81. The molecule has 0 aliphatic heterocycles. The molecule has 1 N–H and O–H groups in total. The van der Waals surface area contributed by atoms with Crippen LogP contribution < -0.4 is 10.2 Å². The Bertz CT molecular complexity index is 947. The summed E-state index contributed by atoms with van der Waals surface area (Å²) in [5.74, 6) is 0.729. The number of oxazole rings is 1. The molecule has 28 heavy (non-hydrogen) atoms. The highest BCUT2D eigenvalue weighted by molar-refractivity contribution is 7.99. The van der Waals surface area contributed by atoms with Crippen molar-refractivity contribution in [2.45, 2.75) is 18.6 Å². The zero-order valence-corrected chi connectivity index (χ0v) is 16.4. The molecule has 1 amide bonds. The Hall–Kier alpha value is -3.06. The largest absolute Gasteiger partial charge is 0.493 e. The lowest BCUT2D eigenvalue weighted by Crippen LogP contribution is -2.21. The second-order valence-corrected chi connectivity index (χ2v) is 6.85. The molecule has 6 nitrogen and oxygen atoms in total. The molecule has 0 radical (unpaired) electrons. The minimum Gasteiger partial charge on any atom is -0.493 e. The zero-order valence-electron chi connectivity index (χ0n) is 15.6. The molecule has 0 saturated heterocycles. The number of hydrogen-bond acceptors (Lipinski definition) is 6.